The zero-order valence-corrected chi connectivity index (χ0v) is 32.5. The molecular weight excluding hydrogens is 774 g/mol. The number of esters is 1. The van der Waals surface area contributed by atoms with Crippen LogP contribution in [0.5, 0.6) is 0 Å². The van der Waals surface area contributed by atoms with Crippen LogP contribution in [-0.4, -0.2) is 82.0 Å². The number of para-hydroxylation sites is 1. The molecule has 3 amide bonds. The Balaban J connectivity index is 1.40. The summed E-state index contributed by atoms with van der Waals surface area (Å²) in [6, 6.07) is 21.7. The summed E-state index contributed by atoms with van der Waals surface area (Å²) in [6.45, 7) is 9.06. The van der Waals surface area contributed by atoms with Crippen LogP contribution in [0.1, 0.15) is 42.1 Å². The Kier molecular flexibility index (Phi) is 12.4. The van der Waals surface area contributed by atoms with Gasteiger partial charge in [0.15, 0.2) is 0 Å². The van der Waals surface area contributed by atoms with Crippen molar-refractivity contribution >= 4 is 56.9 Å². The van der Waals surface area contributed by atoms with E-state index in [1.807, 2.05) is 61.5 Å². The maximum absolute atomic E-state index is 15.3. The Bertz CT molecular complexity index is 1860. The van der Waals surface area contributed by atoms with Crippen molar-refractivity contribution in [2.24, 2.45) is 11.8 Å². The van der Waals surface area contributed by atoms with Crippen molar-refractivity contribution in [2.75, 3.05) is 24.6 Å². The molecule has 3 saturated heterocycles. The van der Waals surface area contributed by atoms with E-state index in [1.165, 1.54) is 9.80 Å². The molecule has 1 unspecified atom stereocenters. The van der Waals surface area contributed by atoms with Crippen LogP contribution >= 0.6 is 27.5 Å². The molecule has 284 valence electrons. The second kappa shape index (κ2) is 17.0. The first-order chi connectivity index (χ1) is 26.1. The quantitative estimate of drug-likeness (QED) is 0.105. The highest BCUT2D eigenvalue weighted by Crippen LogP contribution is 2.61. The molecule has 54 heavy (non-hydrogen) atoms. The number of allylic oxidation sites excluding steroid dienone is 1. The van der Waals surface area contributed by atoms with Gasteiger partial charge in [-0.2, -0.15) is 0 Å². The fourth-order valence-electron chi connectivity index (χ4n) is 8.32. The number of alkyl halides is 1. The van der Waals surface area contributed by atoms with Gasteiger partial charge in [0.25, 0.3) is 5.91 Å². The minimum Gasteiger partial charge on any atom is -0.455 e. The molecule has 8 atom stereocenters. The van der Waals surface area contributed by atoms with Crippen LogP contribution < -0.4 is 10.2 Å². The monoisotopic (exact) mass is 817 g/mol. The van der Waals surface area contributed by atoms with E-state index in [0.717, 1.165) is 11.1 Å². The van der Waals surface area contributed by atoms with Gasteiger partial charge in [-0.3, -0.25) is 19.2 Å². The number of fused-ring (bicyclic) bond motifs is 1. The van der Waals surface area contributed by atoms with E-state index in [1.54, 1.807) is 36.4 Å². The molecule has 3 aromatic rings. The first-order valence-corrected chi connectivity index (χ1v) is 19.4. The molecular formula is C42H45BrClN3O7. The maximum Gasteiger partial charge on any atom is 0.313 e. The number of benzene rings is 3. The second-order valence-electron chi connectivity index (χ2n) is 14.0. The molecule has 10 nitrogen and oxygen atoms in total. The van der Waals surface area contributed by atoms with Crippen molar-refractivity contribution in [1.82, 2.24) is 10.2 Å². The number of nitrogens with one attached hydrogen (secondary N) is 1. The van der Waals surface area contributed by atoms with Gasteiger partial charge >= 0.3 is 5.97 Å². The van der Waals surface area contributed by atoms with Crippen molar-refractivity contribution in [2.45, 2.75) is 67.3 Å². The highest BCUT2D eigenvalue weighted by Gasteiger charge is 2.77. The van der Waals surface area contributed by atoms with E-state index in [4.69, 9.17) is 21.1 Å². The fourth-order valence-corrected chi connectivity index (χ4v) is 9.59. The van der Waals surface area contributed by atoms with E-state index in [2.05, 4.69) is 34.4 Å². The summed E-state index contributed by atoms with van der Waals surface area (Å²) in [5, 5.41) is 14.1. The van der Waals surface area contributed by atoms with Gasteiger partial charge < -0.3 is 29.7 Å². The molecule has 0 aliphatic carbocycles. The van der Waals surface area contributed by atoms with Gasteiger partial charge in [0.1, 0.15) is 17.7 Å². The largest absolute Gasteiger partial charge is 0.455 e. The molecule has 3 heterocycles. The standard InChI is InChI=1S/C42H45BrClN3O7/c1-4-6-20-33(49)45-24-32(28-17-11-8-12-18-28)53-41(52)34-35-39(50)47(29(25-48)22-27-15-9-7-10-16-27)38(42(35)23-30(43)37(34)54-42)40(51)46(21-5-2)36-26(3)14-13-19-31(36)44/h4-5,7-19,29-30,32,34-35,37-38,48H,1-2,6,20-25H2,3H3,(H,45,49)/t29-,30?,32-,34-,35+,37-,38-,42+/m1/s1. The predicted octanol–water partition coefficient (Wildman–Crippen LogP) is 5.89. The number of nitrogens with zero attached hydrogens (tertiary/aromatic N) is 2. The Hall–Kier alpha value is -4.29. The third kappa shape index (κ3) is 7.51. The first-order valence-electron chi connectivity index (χ1n) is 18.2. The number of hydrogen-bond acceptors (Lipinski definition) is 7. The van der Waals surface area contributed by atoms with E-state index in [-0.39, 0.29) is 38.3 Å². The lowest BCUT2D eigenvalue weighted by Gasteiger charge is -2.40. The smallest absolute Gasteiger partial charge is 0.313 e. The number of anilines is 1. The number of carbonyl (C=O) groups excluding carboxylic acids is 4. The topological polar surface area (TPSA) is 125 Å². The van der Waals surface area contributed by atoms with Crippen LogP contribution in [0.4, 0.5) is 5.69 Å². The number of likely N-dealkylation sites (tertiary alicyclic amines) is 1. The molecule has 3 aliphatic rings. The number of amides is 3. The molecule has 0 radical (unpaired) electrons. The van der Waals surface area contributed by atoms with E-state index >= 15 is 9.59 Å². The van der Waals surface area contributed by atoms with Gasteiger partial charge in [-0.1, -0.05) is 112 Å². The lowest BCUT2D eigenvalue weighted by molar-refractivity contribution is -0.160. The predicted molar refractivity (Wildman–Crippen MR) is 210 cm³/mol. The van der Waals surface area contributed by atoms with E-state index in [9.17, 15) is 14.7 Å². The molecule has 1 spiro atoms. The summed E-state index contributed by atoms with van der Waals surface area (Å²) < 4.78 is 13.0. The first kappa shape index (κ1) is 39.4. The minimum atomic E-state index is -1.45. The summed E-state index contributed by atoms with van der Waals surface area (Å²) >= 11 is 10.5. The highest BCUT2D eigenvalue weighted by atomic mass is 79.9. The van der Waals surface area contributed by atoms with Crippen LogP contribution in [0.25, 0.3) is 0 Å². The lowest BCUT2D eigenvalue weighted by Crippen LogP contribution is -2.59. The van der Waals surface area contributed by atoms with Crippen molar-refractivity contribution < 1.29 is 33.8 Å². The zero-order chi connectivity index (χ0) is 38.6. The van der Waals surface area contributed by atoms with Crippen molar-refractivity contribution in [3.63, 3.8) is 0 Å². The van der Waals surface area contributed by atoms with Gasteiger partial charge in [-0.15, -0.1) is 13.2 Å². The molecule has 12 heteroatoms. The van der Waals surface area contributed by atoms with Gasteiger partial charge in [0.2, 0.25) is 11.8 Å². The van der Waals surface area contributed by atoms with Gasteiger partial charge in [-0.05, 0) is 48.9 Å². The third-order valence-corrected chi connectivity index (χ3v) is 11.8. The fraction of sp³-hybridized carbons (Fsp3) is 0.381. The molecule has 6 rings (SSSR count). The maximum atomic E-state index is 15.3. The molecule has 2 bridgehead atoms. The van der Waals surface area contributed by atoms with Crippen molar-refractivity contribution in [3.8, 4) is 0 Å². The number of carbonyl (C=O) groups is 4. The number of aliphatic hydroxyl groups excluding tert-OH is 1. The van der Waals surface area contributed by atoms with Crippen LogP contribution in [-0.2, 0) is 35.1 Å². The summed E-state index contributed by atoms with van der Waals surface area (Å²) in [5.74, 6) is -4.03. The Morgan fingerprint density at radius 3 is 2.44 bits per heavy atom. The molecule has 2 N–H and O–H groups in total. The SMILES string of the molecule is C=CCCC(=O)NC[C@@H](OC(=O)[C@H]1[C@@H]2O[C@@]3(CC2Br)[C@@H]1C(=O)N([C@@H](CO)Cc1ccccc1)[C@@H]3C(=O)N(CC=C)c1c(C)cccc1Cl)c1ccccc1. The summed E-state index contributed by atoms with van der Waals surface area (Å²) in [7, 11) is 0. The van der Waals surface area contributed by atoms with Crippen LogP contribution in [0.3, 0.4) is 0 Å². The van der Waals surface area contributed by atoms with Crippen LogP contribution in [0.2, 0.25) is 5.02 Å². The van der Waals surface area contributed by atoms with E-state index in [0.29, 0.717) is 22.7 Å². The molecule has 3 fully saturated rings. The Morgan fingerprint density at radius 1 is 1.09 bits per heavy atom. The molecule has 0 saturated carbocycles. The third-order valence-electron chi connectivity index (χ3n) is 10.7. The number of rotatable bonds is 16. The van der Waals surface area contributed by atoms with Crippen LogP contribution in [0.15, 0.2) is 104 Å². The Labute approximate surface area is 329 Å². The average Bonchev–Trinajstić information content (AvgIpc) is 3.77. The number of aliphatic hydroxyl groups is 1. The number of ether oxygens (including phenoxy) is 2. The zero-order valence-electron chi connectivity index (χ0n) is 30.1. The highest BCUT2D eigenvalue weighted by molar-refractivity contribution is 9.09. The minimum absolute atomic E-state index is 0.00999. The van der Waals surface area contributed by atoms with Crippen molar-refractivity contribution in [3.05, 3.63) is 126 Å². The number of halogens is 2. The number of hydrogen-bond donors (Lipinski definition) is 2. The van der Waals surface area contributed by atoms with E-state index < -0.39 is 70.9 Å². The molecule has 3 aliphatic heterocycles. The molecule has 0 aromatic heterocycles. The van der Waals surface area contributed by atoms with Gasteiger partial charge in [-0.25, -0.2) is 0 Å². The molecule has 3 aromatic carbocycles. The summed E-state index contributed by atoms with van der Waals surface area (Å²) in [5.41, 5.74) is 1.28. The average molecular weight is 819 g/mol. The summed E-state index contributed by atoms with van der Waals surface area (Å²) in [4.78, 5) is 60.0. The van der Waals surface area contributed by atoms with Crippen LogP contribution in [0, 0.1) is 18.8 Å². The summed E-state index contributed by atoms with van der Waals surface area (Å²) in [6.07, 6.45) is 2.82. The van der Waals surface area contributed by atoms with Gasteiger partial charge in [0.05, 0.1) is 47.8 Å². The normalized spacial score (nSPS) is 25.1. The van der Waals surface area contributed by atoms with Gasteiger partial charge in [0, 0.05) is 17.8 Å². The second-order valence-corrected chi connectivity index (χ2v) is 15.6. The number of aryl methyl sites for hydroxylation is 1. The Morgan fingerprint density at radius 2 is 1.80 bits per heavy atom. The van der Waals surface area contributed by atoms with Crippen molar-refractivity contribution in [1.29, 1.82) is 0 Å². The lowest BCUT2D eigenvalue weighted by atomic mass is 9.70.